The van der Waals surface area contributed by atoms with E-state index in [1.165, 1.54) is 0 Å². The predicted octanol–water partition coefficient (Wildman–Crippen LogP) is 1.59. The summed E-state index contributed by atoms with van der Waals surface area (Å²) >= 11 is 0. The zero-order valence-corrected chi connectivity index (χ0v) is 10.9. The lowest BCUT2D eigenvalue weighted by Gasteiger charge is -2.17. The van der Waals surface area contributed by atoms with Gasteiger partial charge in [-0.25, -0.2) is 0 Å². The maximum absolute atomic E-state index is 11.9. The summed E-state index contributed by atoms with van der Waals surface area (Å²) in [7, 11) is 1.58. The van der Waals surface area contributed by atoms with Gasteiger partial charge in [0, 0.05) is 5.56 Å². The summed E-state index contributed by atoms with van der Waals surface area (Å²) in [5.74, 6) is -1.31. The molecular formula is C14H17NO4. The number of methoxy groups -OCH3 is 1. The average molecular weight is 263 g/mol. The Bertz CT molecular complexity index is 500. The van der Waals surface area contributed by atoms with E-state index in [0.717, 1.165) is 5.56 Å². The van der Waals surface area contributed by atoms with Crippen LogP contribution in [0.4, 0.5) is 0 Å². The second kappa shape index (κ2) is 5.30. The number of ether oxygens (including phenoxy) is 1. The van der Waals surface area contributed by atoms with E-state index in [4.69, 9.17) is 9.84 Å². The topological polar surface area (TPSA) is 75.6 Å². The fourth-order valence-electron chi connectivity index (χ4n) is 2.18. The Morgan fingerprint density at radius 2 is 2.05 bits per heavy atom. The SMILES string of the molecule is COc1ccccc1[C@H](C)NC(=O)C1CC1C(=O)O. The van der Waals surface area contributed by atoms with Crippen molar-refractivity contribution in [3.8, 4) is 5.75 Å². The van der Waals surface area contributed by atoms with Crippen LogP contribution in [0.2, 0.25) is 0 Å². The standard InChI is InChI=1S/C14H17NO4/c1-8(9-5-3-4-6-12(9)19-2)15-13(16)10-7-11(10)14(17)18/h3-6,8,10-11H,7H2,1-2H3,(H,15,16)(H,17,18)/t8-,10?,11?/m0/s1. The summed E-state index contributed by atoms with van der Waals surface area (Å²) in [4.78, 5) is 22.6. The van der Waals surface area contributed by atoms with Crippen molar-refractivity contribution >= 4 is 11.9 Å². The van der Waals surface area contributed by atoms with Crippen molar-refractivity contribution in [2.45, 2.75) is 19.4 Å². The normalized spacial score (nSPS) is 22.4. The molecule has 1 fully saturated rings. The number of aliphatic carboxylic acids is 1. The van der Waals surface area contributed by atoms with Crippen LogP contribution >= 0.6 is 0 Å². The lowest BCUT2D eigenvalue weighted by Crippen LogP contribution is -2.29. The van der Waals surface area contributed by atoms with E-state index in [1.807, 2.05) is 31.2 Å². The Labute approximate surface area is 111 Å². The number of amides is 1. The first-order valence-electron chi connectivity index (χ1n) is 6.20. The fourth-order valence-corrected chi connectivity index (χ4v) is 2.18. The highest BCUT2D eigenvalue weighted by atomic mass is 16.5. The van der Waals surface area contributed by atoms with Gasteiger partial charge in [0.15, 0.2) is 0 Å². The molecule has 0 aromatic heterocycles. The van der Waals surface area contributed by atoms with Crippen molar-refractivity contribution in [1.29, 1.82) is 0 Å². The van der Waals surface area contributed by atoms with E-state index in [9.17, 15) is 9.59 Å². The summed E-state index contributed by atoms with van der Waals surface area (Å²) in [5, 5.41) is 11.6. The van der Waals surface area contributed by atoms with Crippen molar-refractivity contribution < 1.29 is 19.4 Å². The molecule has 1 aliphatic carbocycles. The highest BCUT2D eigenvalue weighted by molar-refractivity contribution is 5.89. The molecule has 1 saturated carbocycles. The number of rotatable bonds is 5. The minimum atomic E-state index is -0.898. The van der Waals surface area contributed by atoms with Crippen LogP contribution in [0.5, 0.6) is 5.75 Å². The first kappa shape index (κ1) is 13.4. The zero-order chi connectivity index (χ0) is 14.0. The minimum Gasteiger partial charge on any atom is -0.496 e. The van der Waals surface area contributed by atoms with Gasteiger partial charge in [0.2, 0.25) is 5.91 Å². The van der Waals surface area contributed by atoms with Crippen LogP contribution in [0.1, 0.15) is 24.9 Å². The number of para-hydroxylation sites is 1. The lowest BCUT2D eigenvalue weighted by molar-refractivity contribution is -0.140. The van der Waals surface area contributed by atoms with Gasteiger partial charge < -0.3 is 15.2 Å². The molecule has 1 aliphatic rings. The molecule has 5 heteroatoms. The van der Waals surface area contributed by atoms with E-state index >= 15 is 0 Å². The zero-order valence-electron chi connectivity index (χ0n) is 10.9. The summed E-state index contributed by atoms with van der Waals surface area (Å²) in [5.41, 5.74) is 0.880. The van der Waals surface area contributed by atoms with Gasteiger partial charge in [-0.3, -0.25) is 9.59 Å². The molecule has 2 N–H and O–H groups in total. The van der Waals surface area contributed by atoms with Crippen LogP contribution in [-0.4, -0.2) is 24.1 Å². The molecule has 1 aromatic rings. The van der Waals surface area contributed by atoms with Gasteiger partial charge in [-0.2, -0.15) is 0 Å². The summed E-state index contributed by atoms with van der Waals surface area (Å²) < 4.78 is 5.24. The first-order chi connectivity index (χ1) is 9.04. The maximum atomic E-state index is 11.9. The number of nitrogens with one attached hydrogen (secondary N) is 1. The van der Waals surface area contributed by atoms with E-state index in [1.54, 1.807) is 7.11 Å². The molecule has 102 valence electrons. The molecule has 0 spiro atoms. The average Bonchev–Trinajstić information content (AvgIpc) is 3.19. The summed E-state index contributed by atoms with van der Waals surface area (Å²) in [6.07, 6.45) is 0.430. The number of carbonyl (C=O) groups excluding carboxylic acids is 1. The number of hydrogen-bond donors (Lipinski definition) is 2. The number of carboxylic acid groups (broad SMARTS) is 1. The summed E-state index contributed by atoms with van der Waals surface area (Å²) in [6.45, 7) is 1.86. The monoisotopic (exact) mass is 263 g/mol. The highest BCUT2D eigenvalue weighted by Crippen LogP contribution is 2.39. The molecular weight excluding hydrogens is 246 g/mol. The molecule has 3 atom stereocenters. The van der Waals surface area contributed by atoms with Crippen LogP contribution in [-0.2, 0) is 9.59 Å². The lowest BCUT2D eigenvalue weighted by atomic mass is 10.1. The van der Waals surface area contributed by atoms with Crippen molar-refractivity contribution in [2.24, 2.45) is 11.8 Å². The Hall–Kier alpha value is -2.04. The number of carboxylic acids is 1. The van der Waals surface area contributed by atoms with Gasteiger partial charge >= 0.3 is 5.97 Å². The van der Waals surface area contributed by atoms with Gasteiger partial charge in [0.05, 0.1) is 25.0 Å². The van der Waals surface area contributed by atoms with Crippen LogP contribution in [0.25, 0.3) is 0 Å². The molecule has 5 nitrogen and oxygen atoms in total. The molecule has 1 amide bonds. The molecule has 0 bridgehead atoms. The van der Waals surface area contributed by atoms with Crippen molar-refractivity contribution in [2.75, 3.05) is 7.11 Å². The molecule has 0 saturated heterocycles. The van der Waals surface area contributed by atoms with Crippen LogP contribution in [0.3, 0.4) is 0 Å². The van der Waals surface area contributed by atoms with Crippen LogP contribution in [0, 0.1) is 11.8 Å². The fraction of sp³-hybridized carbons (Fsp3) is 0.429. The molecule has 19 heavy (non-hydrogen) atoms. The van der Waals surface area contributed by atoms with Gasteiger partial charge in [-0.05, 0) is 19.4 Å². The third-order valence-electron chi connectivity index (χ3n) is 3.41. The Morgan fingerprint density at radius 1 is 1.37 bits per heavy atom. The van der Waals surface area contributed by atoms with Gasteiger partial charge in [0.25, 0.3) is 0 Å². The first-order valence-corrected chi connectivity index (χ1v) is 6.20. The van der Waals surface area contributed by atoms with E-state index in [-0.39, 0.29) is 11.9 Å². The van der Waals surface area contributed by atoms with E-state index in [0.29, 0.717) is 12.2 Å². The maximum Gasteiger partial charge on any atom is 0.307 e. The van der Waals surface area contributed by atoms with E-state index in [2.05, 4.69) is 5.32 Å². The third-order valence-corrected chi connectivity index (χ3v) is 3.41. The highest BCUT2D eigenvalue weighted by Gasteiger charge is 2.48. The van der Waals surface area contributed by atoms with E-state index < -0.39 is 17.8 Å². The number of benzene rings is 1. The second-order valence-electron chi connectivity index (χ2n) is 4.76. The molecule has 0 radical (unpaired) electrons. The number of hydrogen-bond acceptors (Lipinski definition) is 3. The second-order valence-corrected chi connectivity index (χ2v) is 4.76. The smallest absolute Gasteiger partial charge is 0.307 e. The van der Waals surface area contributed by atoms with Gasteiger partial charge in [0.1, 0.15) is 5.75 Å². The molecule has 2 rings (SSSR count). The molecule has 0 aliphatic heterocycles. The van der Waals surface area contributed by atoms with Crippen LogP contribution in [0.15, 0.2) is 24.3 Å². The minimum absolute atomic E-state index is 0.203. The van der Waals surface area contributed by atoms with Crippen molar-refractivity contribution in [3.63, 3.8) is 0 Å². The predicted molar refractivity (Wildman–Crippen MR) is 68.8 cm³/mol. The quantitative estimate of drug-likeness (QED) is 0.846. The molecule has 1 aromatic carbocycles. The Morgan fingerprint density at radius 3 is 2.63 bits per heavy atom. The van der Waals surface area contributed by atoms with Crippen molar-refractivity contribution in [1.82, 2.24) is 5.32 Å². The largest absolute Gasteiger partial charge is 0.496 e. The molecule has 2 unspecified atom stereocenters. The summed E-state index contributed by atoms with van der Waals surface area (Å²) in [6, 6.07) is 7.23. The van der Waals surface area contributed by atoms with Crippen LogP contribution < -0.4 is 10.1 Å². The van der Waals surface area contributed by atoms with Gasteiger partial charge in [-0.15, -0.1) is 0 Å². The molecule has 0 heterocycles. The third kappa shape index (κ3) is 2.86. The Kier molecular flexibility index (Phi) is 3.74. The Balaban J connectivity index is 2.00. The van der Waals surface area contributed by atoms with Crippen molar-refractivity contribution in [3.05, 3.63) is 29.8 Å². The number of carbonyl (C=O) groups is 2. The van der Waals surface area contributed by atoms with Gasteiger partial charge in [-0.1, -0.05) is 18.2 Å².